The first kappa shape index (κ1) is 18.4. The molecule has 0 spiro atoms. The number of hydrogen-bond acceptors (Lipinski definition) is 3. The number of hydrogen-bond donors (Lipinski definition) is 0. The fourth-order valence-corrected chi connectivity index (χ4v) is 7.67. The van der Waals surface area contributed by atoms with E-state index < -0.39 is 0 Å². The molecule has 0 bridgehead atoms. The minimum Gasteiger partial charge on any atom is -0.300 e. The highest BCUT2D eigenvalue weighted by molar-refractivity contribution is 5.93. The molecule has 26 heavy (non-hydrogen) atoms. The summed E-state index contributed by atoms with van der Waals surface area (Å²) in [6.07, 6.45) is 6.42. The van der Waals surface area contributed by atoms with Gasteiger partial charge >= 0.3 is 0 Å². The molecule has 144 valence electrons. The summed E-state index contributed by atoms with van der Waals surface area (Å²) in [7, 11) is 0. The molecule has 0 heterocycles. The van der Waals surface area contributed by atoms with E-state index >= 15 is 0 Å². The van der Waals surface area contributed by atoms with Crippen molar-refractivity contribution in [3.63, 3.8) is 0 Å². The number of ketones is 3. The maximum atomic E-state index is 13.5. The summed E-state index contributed by atoms with van der Waals surface area (Å²) in [6, 6.07) is 0. The Balaban J connectivity index is 1.72. The Morgan fingerprint density at radius 2 is 1.77 bits per heavy atom. The first-order valence-corrected chi connectivity index (χ1v) is 10.8. The smallest absolute Gasteiger partial charge is 0.139 e. The fourth-order valence-electron chi connectivity index (χ4n) is 7.67. The number of carbonyl (C=O) groups excluding carboxylic acids is 3. The second-order valence-electron chi connectivity index (χ2n) is 10.3. The minimum absolute atomic E-state index is 0.00205. The van der Waals surface area contributed by atoms with Crippen molar-refractivity contribution >= 4 is 17.3 Å². The second-order valence-corrected chi connectivity index (χ2v) is 10.3. The van der Waals surface area contributed by atoms with Gasteiger partial charge in [-0.15, -0.1) is 0 Å². The molecule has 0 N–H and O–H groups in total. The van der Waals surface area contributed by atoms with Gasteiger partial charge < -0.3 is 0 Å². The largest absolute Gasteiger partial charge is 0.300 e. The maximum Gasteiger partial charge on any atom is 0.139 e. The SMILES string of the molecule is CCC(C)[C@H]1CCC2[C@@H]3C(=O)C[C@@H]4CC(=O)CC[C@]4(C)C3CC(=O)[C@@]21C. The summed E-state index contributed by atoms with van der Waals surface area (Å²) < 4.78 is 0. The van der Waals surface area contributed by atoms with Crippen LogP contribution in [0.15, 0.2) is 0 Å². The molecule has 4 rings (SSSR count). The Kier molecular flexibility index (Phi) is 4.24. The number of rotatable bonds is 2. The molecule has 3 nitrogen and oxygen atoms in total. The van der Waals surface area contributed by atoms with Crippen molar-refractivity contribution in [2.75, 3.05) is 0 Å². The van der Waals surface area contributed by atoms with Gasteiger partial charge in [0.1, 0.15) is 17.3 Å². The first-order valence-electron chi connectivity index (χ1n) is 10.8. The standard InChI is InChI=1S/C23H34O3/c1-5-13(2)16-6-7-17-21-18(12-20(26)23(16,17)4)22(3)9-8-15(24)10-14(22)11-19(21)25/h13-14,16-18,21H,5-12H2,1-4H3/t13?,14-,16+,17?,18?,21-,22-,23+/m0/s1. The molecular weight excluding hydrogens is 324 g/mol. The van der Waals surface area contributed by atoms with Crippen LogP contribution < -0.4 is 0 Å². The lowest BCUT2D eigenvalue weighted by Gasteiger charge is -2.58. The molecule has 0 aromatic heterocycles. The molecule has 0 aromatic rings. The van der Waals surface area contributed by atoms with Gasteiger partial charge in [-0.2, -0.15) is 0 Å². The molecule has 0 saturated heterocycles. The molecule has 4 saturated carbocycles. The van der Waals surface area contributed by atoms with E-state index in [-0.39, 0.29) is 34.5 Å². The van der Waals surface area contributed by atoms with E-state index in [9.17, 15) is 14.4 Å². The quantitative estimate of drug-likeness (QED) is 0.724. The van der Waals surface area contributed by atoms with E-state index in [0.717, 1.165) is 25.7 Å². The Bertz CT molecular complexity index is 652. The van der Waals surface area contributed by atoms with E-state index in [0.29, 0.717) is 54.9 Å². The van der Waals surface area contributed by atoms with Crippen LogP contribution in [-0.2, 0) is 14.4 Å². The van der Waals surface area contributed by atoms with E-state index in [4.69, 9.17) is 0 Å². The minimum atomic E-state index is -0.306. The Morgan fingerprint density at radius 3 is 2.46 bits per heavy atom. The van der Waals surface area contributed by atoms with E-state index in [2.05, 4.69) is 27.7 Å². The van der Waals surface area contributed by atoms with E-state index in [1.54, 1.807) is 0 Å². The van der Waals surface area contributed by atoms with Crippen molar-refractivity contribution in [1.29, 1.82) is 0 Å². The molecule has 4 aliphatic rings. The van der Waals surface area contributed by atoms with Crippen LogP contribution in [0, 0.1) is 46.3 Å². The number of Topliss-reactive ketones (excluding diaryl/α,β-unsaturated/α-hetero) is 3. The van der Waals surface area contributed by atoms with Crippen molar-refractivity contribution in [2.24, 2.45) is 46.3 Å². The molecule has 3 heteroatoms. The van der Waals surface area contributed by atoms with Gasteiger partial charge in [-0.05, 0) is 54.3 Å². The van der Waals surface area contributed by atoms with Crippen LogP contribution in [0.2, 0.25) is 0 Å². The van der Waals surface area contributed by atoms with Gasteiger partial charge in [0, 0.05) is 37.0 Å². The summed E-state index contributed by atoms with van der Waals surface area (Å²) in [6.45, 7) is 8.97. The van der Waals surface area contributed by atoms with Crippen molar-refractivity contribution in [1.82, 2.24) is 0 Å². The van der Waals surface area contributed by atoms with E-state index in [1.165, 1.54) is 0 Å². The molecule has 0 radical (unpaired) electrons. The Labute approximate surface area is 157 Å². The molecule has 0 aliphatic heterocycles. The normalized spacial score (nSPS) is 49.4. The van der Waals surface area contributed by atoms with Crippen LogP contribution in [0.1, 0.15) is 79.1 Å². The predicted octanol–water partition coefficient (Wildman–Crippen LogP) is 4.62. The first-order chi connectivity index (χ1) is 12.2. The van der Waals surface area contributed by atoms with Crippen LogP contribution in [0.25, 0.3) is 0 Å². The average Bonchev–Trinajstić information content (AvgIpc) is 2.95. The summed E-state index contributed by atoms with van der Waals surface area (Å²) in [5.74, 6) is 2.68. The molecule has 4 fully saturated rings. The summed E-state index contributed by atoms with van der Waals surface area (Å²) in [5, 5.41) is 0. The van der Waals surface area contributed by atoms with Gasteiger partial charge in [-0.1, -0.05) is 34.1 Å². The summed E-state index contributed by atoms with van der Waals surface area (Å²) >= 11 is 0. The predicted molar refractivity (Wildman–Crippen MR) is 100 cm³/mol. The topological polar surface area (TPSA) is 51.2 Å². The lowest BCUT2D eigenvalue weighted by atomic mass is 9.44. The lowest BCUT2D eigenvalue weighted by molar-refractivity contribution is -0.166. The Hall–Kier alpha value is -0.990. The molecule has 3 unspecified atom stereocenters. The van der Waals surface area contributed by atoms with Gasteiger partial charge in [0.25, 0.3) is 0 Å². The average molecular weight is 359 g/mol. The third-order valence-electron chi connectivity index (χ3n) is 9.55. The van der Waals surface area contributed by atoms with Gasteiger partial charge in [-0.3, -0.25) is 14.4 Å². The zero-order valence-corrected chi connectivity index (χ0v) is 16.8. The maximum absolute atomic E-state index is 13.5. The molecule has 8 atom stereocenters. The highest BCUT2D eigenvalue weighted by atomic mass is 16.1. The van der Waals surface area contributed by atoms with Gasteiger partial charge in [-0.25, -0.2) is 0 Å². The highest BCUT2D eigenvalue weighted by Crippen LogP contribution is 2.66. The molecular formula is C23H34O3. The lowest BCUT2D eigenvalue weighted by Crippen LogP contribution is -2.60. The zero-order chi connectivity index (χ0) is 18.9. The van der Waals surface area contributed by atoms with Crippen LogP contribution >= 0.6 is 0 Å². The van der Waals surface area contributed by atoms with Crippen LogP contribution in [0.3, 0.4) is 0 Å². The monoisotopic (exact) mass is 358 g/mol. The van der Waals surface area contributed by atoms with Gasteiger partial charge in [0.05, 0.1) is 0 Å². The van der Waals surface area contributed by atoms with Crippen LogP contribution in [-0.4, -0.2) is 17.3 Å². The van der Waals surface area contributed by atoms with Crippen LogP contribution in [0.5, 0.6) is 0 Å². The van der Waals surface area contributed by atoms with Crippen molar-refractivity contribution in [3.8, 4) is 0 Å². The molecule has 4 aliphatic carbocycles. The van der Waals surface area contributed by atoms with Gasteiger partial charge in [0.2, 0.25) is 0 Å². The van der Waals surface area contributed by atoms with Crippen molar-refractivity contribution in [2.45, 2.75) is 79.1 Å². The second kappa shape index (κ2) is 6.01. The third kappa shape index (κ3) is 2.27. The molecule has 0 aromatic carbocycles. The van der Waals surface area contributed by atoms with Gasteiger partial charge in [0.15, 0.2) is 0 Å². The number of carbonyl (C=O) groups is 3. The fraction of sp³-hybridized carbons (Fsp3) is 0.870. The summed E-state index contributed by atoms with van der Waals surface area (Å²) in [5.41, 5.74) is -0.308. The van der Waals surface area contributed by atoms with Crippen molar-refractivity contribution < 1.29 is 14.4 Å². The highest BCUT2D eigenvalue weighted by Gasteiger charge is 2.66. The van der Waals surface area contributed by atoms with E-state index in [1.807, 2.05) is 0 Å². The summed E-state index contributed by atoms with van der Waals surface area (Å²) in [4.78, 5) is 38.7. The zero-order valence-electron chi connectivity index (χ0n) is 16.8. The van der Waals surface area contributed by atoms with Crippen molar-refractivity contribution in [3.05, 3.63) is 0 Å². The Morgan fingerprint density at radius 1 is 1.04 bits per heavy atom. The van der Waals surface area contributed by atoms with Crippen LogP contribution in [0.4, 0.5) is 0 Å². The molecule has 0 amide bonds. The third-order valence-corrected chi connectivity index (χ3v) is 9.55. The number of fused-ring (bicyclic) bond motifs is 5.